The Morgan fingerprint density at radius 3 is 2.44 bits per heavy atom. The Balaban J connectivity index is 2.75. The summed E-state index contributed by atoms with van der Waals surface area (Å²) in [6.45, 7) is 2.24. The first-order valence-corrected chi connectivity index (χ1v) is 7.88. The highest BCUT2D eigenvalue weighted by molar-refractivity contribution is 5.79. The smallest absolute Gasteiger partial charge is 0.418 e. The van der Waals surface area contributed by atoms with Gasteiger partial charge in [-0.3, -0.25) is 4.79 Å². The number of carboxylic acids is 1. The monoisotopic (exact) mass is 393 g/mol. The Kier molecular flexibility index (Phi) is 5.47. The molecule has 2 rings (SSSR count). The molecule has 3 unspecified atom stereocenters. The van der Waals surface area contributed by atoms with Gasteiger partial charge in [-0.05, 0) is 48.8 Å². The summed E-state index contributed by atoms with van der Waals surface area (Å²) in [5.74, 6) is -6.41. The topological polar surface area (TPSA) is 63.3 Å². The lowest BCUT2D eigenvalue weighted by Crippen LogP contribution is -2.47. The molecule has 0 spiro atoms. The zero-order valence-electron chi connectivity index (χ0n) is 14.4. The van der Waals surface area contributed by atoms with Crippen molar-refractivity contribution in [1.82, 2.24) is 0 Å². The number of hydrogen-bond acceptors (Lipinski definition) is 2. The van der Waals surface area contributed by atoms with E-state index in [1.54, 1.807) is 0 Å². The Hall–Kier alpha value is -2.29. The summed E-state index contributed by atoms with van der Waals surface area (Å²) in [5.41, 5.74) is 0.478. The number of rotatable bonds is 4. The first kappa shape index (κ1) is 21.0. The summed E-state index contributed by atoms with van der Waals surface area (Å²) < 4.78 is 83.8. The normalized spacial score (nSPS) is 24.6. The van der Waals surface area contributed by atoms with Crippen LogP contribution in [0.25, 0.3) is 5.57 Å². The lowest BCUT2D eigenvalue weighted by atomic mass is 9.70. The van der Waals surface area contributed by atoms with E-state index in [0.717, 1.165) is 19.1 Å². The molecular formula is C18H17F6NO2. The van der Waals surface area contributed by atoms with Crippen molar-refractivity contribution in [3.63, 3.8) is 0 Å². The summed E-state index contributed by atoms with van der Waals surface area (Å²) in [6.07, 6.45) is -5.83. The van der Waals surface area contributed by atoms with Gasteiger partial charge in [-0.1, -0.05) is 6.07 Å². The third kappa shape index (κ3) is 4.02. The van der Waals surface area contributed by atoms with Crippen LogP contribution in [0.4, 0.5) is 26.3 Å². The Labute approximate surface area is 151 Å². The molecule has 3 nitrogen and oxygen atoms in total. The minimum Gasteiger partial charge on any atom is -0.481 e. The quantitative estimate of drug-likeness (QED) is 0.743. The number of hydrogen-bond donors (Lipinski definition) is 2. The van der Waals surface area contributed by atoms with Crippen molar-refractivity contribution >= 4 is 11.5 Å². The number of allylic oxidation sites excluding steroid dienone is 3. The molecule has 1 aliphatic rings. The molecule has 0 saturated heterocycles. The fourth-order valence-corrected chi connectivity index (χ4v) is 3.28. The average Bonchev–Trinajstić information content (AvgIpc) is 2.47. The van der Waals surface area contributed by atoms with Crippen LogP contribution in [0.15, 0.2) is 35.7 Å². The predicted molar refractivity (Wildman–Crippen MR) is 86.5 cm³/mol. The predicted octanol–water partition coefficient (Wildman–Crippen LogP) is 4.46. The number of aryl methyl sites for hydroxylation is 1. The van der Waals surface area contributed by atoms with Gasteiger partial charge in [-0.2, -0.15) is 13.2 Å². The number of benzene rings is 1. The van der Waals surface area contributed by atoms with E-state index in [-0.39, 0.29) is 11.1 Å². The molecule has 27 heavy (non-hydrogen) atoms. The van der Waals surface area contributed by atoms with Crippen LogP contribution in [0.5, 0.6) is 0 Å². The molecule has 148 valence electrons. The molecule has 9 heteroatoms. The Morgan fingerprint density at radius 1 is 1.33 bits per heavy atom. The van der Waals surface area contributed by atoms with E-state index >= 15 is 4.39 Å². The largest absolute Gasteiger partial charge is 0.481 e. The third-order valence-electron chi connectivity index (χ3n) is 4.56. The molecule has 0 bridgehead atoms. The molecule has 0 saturated carbocycles. The van der Waals surface area contributed by atoms with Crippen molar-refractivity contribution in [2.75, 3.05) is 0 Å². The lowest BCUT2D eigenvalue weighted by molar-refractivity contribution is -0.137. The van der Waals surface area contributed by atoms with Crippen LogP contribution >= 0.6 is 0 Å². The summed E-state index contributed by atoms with van der Waals surface area (Å²) in [6, 6.07) is 1.37. The second kappa shape index (κ2) is 7.03. The van der Waals surface area contributed by atoms with Gasteiger partial charge in [0.2, 0.25) is 0 Å². The second-order valence-corrected chi connectivity index (χ2v) is 6.59. The number of aliphatic carboxylic acids is 1. The van der Waals surface area contributed by atoms with Gasteiger partial charge in [-0.15, -0.1) is 0 Å². The SMILES string of the molecule is Cc1ccc(F)cc1C1=CC(C(F)(F)F)=C(F)C(C(N)CC(=O)O)C1(C)F. The second-order valence-electron chi connectivity index (χ2n) is 6.59. The van der Waals surface area contributed by atoms with Crippen LogP contribution in [0, 0.1) is 18.7 Å². The first-order chi connectivity index (χ1) is 12.3. The van der Waals surface area contributed by atoms with Crippen molar-refractivity contribution in [3.05, 3.63) is 52.6 Å². The highest BCUT2D eigenvalue weighted by Crippen LogP contribution is 2.51. The molecule has 0 radical (unpaired) electrons. The number of alkyl halides is 4. The molecule has 0 aromatic heterocycles. The average molecular weight is 393 g/mol. The highest BCUT2D eigenvalue weighted by atomic mass is 19.4. The maximum Gasteiger partial charge on any atom is 0.418 e. The summed E-state index contributed by atoms with van der Waals surface area (Å²) >= 11 is 0. The summed E-state index contributed by atoms with van der Waals surface area (Å²) in [4.78, 5) is 10.9. The highest BCUT2D eigenvalue weighted by Gasteiger charge is 2.52. The summed E-state index contributed by atoms with van der Waals surface area (Å²) in [5, 5.41) is 8.83. The van der Waals surface area contributed by atoms with Crippen molar-refractivity contribution in [2.24, 2.45) is 11.7 Å². The van der Waals surface area contributed by atoms with E-state index in [1.165, 1.54) is 13.0 Å². The van der Waals surface area contributed by atoms with Gasteiger partial charge >= 0.3 is 12.1 Å². The van der Waals surface area contributed by atoms with E-state index in [4.69, 9.17) is 10.8 Å². The third-order valence-corrected chi connectivity index (χ3v) is 4.56. The molecule has 0 aliphatic heterocycles. The van der Waals surface area contributed by atoms with Gasteiger partial charge in [0.25, 0.3) is 0 Å². The Morgan fingerprint density at radius 2 is 1.93 bits per heavy atom. The first-order valence-electron chi connectivity index (χ1n) is 7.88. The fraction of sp³-hybridized carbons (Fsp3) is 0.389. The number of carboxylic acid groups (broad SMARTS) is 1. The van der Waals surface area contributed by atoms with Crippen LogP contribution in [0.2, 0.25) is 0 Å². The van der Waals surface area contributed by atoms with Gasteiger partial charge in [-0.25, -0.2) is 13.2 Å². The minimum absolute atomic E-state index is 0.179. The van der Waals surface area contributed by atoms with E-state index in [9.17, 15) is 26.7 Å². The van der Waals surface area contributed by atoms with Crippen LogP contribution in [0.1, 0.15) is 24.5 Å². The van der Waals surface area contributed by atoms with Crippen molar-refractivity contribution < 1.29 is 36.2 Å². The zero-order valence-corrected chi connectivity index (χ0v) is 14.4. The summed E-state index contributed by atoms with van der Waals surface area (Å²) in [7, 11) is 0. The van der Waals surface area contributed by atoms with Crippen LogP contribution in [0.3, 0.4) is 0 Å². The molecule has 1 aromatic rings. The van der Waals surface area contributed by atoms with Crippen LogP contribution in [-0.2, 0) is 4.79 Å². The molecule has 1 aromatic carbocycles. The zero-order chi connectivity index (χ0) is 20.7. The van der Waals surface area contributed by atoms with Gasteiger partial charge in [0.15, 0.2) is 0 Å². The van der Waals surface area contributed by atoms with Crippen LogP contribution < -0.4 is 5.73 Å². The maximum absolute atomic E-state index is 15.6. The minimum atomic E-state index is -5.17. The molecular weight excluding hydrogens is 376 g/mol. The lowest BCUT2D eigenvalue weighted by Gasteiger charge is -2.39. The van der Waals surface area contributed by atoms with Gasteiger partial charge in [0.1, 0.15) is 17.3 Å². The van der Waals surface area contributed by atoms with Gasteiger partial charge in [0, 0.05) is 6.04 Å². The molecule has 1 aliphatic carbocycles. The van der Waals surface area contributed by atoms with Gasteiger partial charge < -0.3 is 10.8 Å². The van der Waals surface area contributed by atoms with Crippen molar-refractivity contribution in [2.45, 2.75) is 38.2 Å². The fourth-order valence-electron chi connectivity index (χ4n) is 3.28. The van der Waals surface area contributed by atoms with Crippen molar-refractivity contribution in [1.29, 1.82) is 0 Å². The molecule has 3 N–H and O–H groups in total. The molecule has 0 heterocycles. The maximum atomic E-state index is 15.6. The van der Waals surface area contributed by atoms with E-state index in [2.05, 4.69) is 0 Å². The van der Waals surface area contributed by atoms with Gasteiger partial charge in [0.05, 0.1) is 17.9 Å². The standard InChI is InChI=1S/C18H17F6NO2/c1-8-3-4-9(19)5-10(8)11-6-12(18(22,23)24)16(20)15(17(11,2)21)13(25)7-14(26)27/h3-6,13,15H,7,25H2,1-2H3,(H,26,27). The number of carbonyl (C=O) groups is 1. The van der Waals surface area contributed by atoms with E-state index < -0.39 is 59.0 Å². The van der Waals surface area contributed by atoms with E-state index in [1.807, 2.05) is 0 Å². The van der Waals surface area contributed by atoms with Crippen LogP contribution in [-0.4, -0.2) is 29.0 Å². The van der Waals surface area contributed by atoms with E-state index in [0.29, 0.717) is 6.08 Å². The molecule has 0 amide bonds. The number of halogens is 6. The molecule has 0 fully saturated rings. The Bertz CT molecular complexity index is 826. The number of nitrogens with two attached hydrogens (primary N) is 1. The molecule has 3 atom stereocenters. The van der Waals surface area contributed by atoms with Crippen molar-refractivity contribution in [3.8, 4) is 0 Å².